The van der Waals surface area contributed by atoms with E-state index in [9.17, 15) is 4.79 Å². The number of nitrogens with zero attached hydrogens (tertiary/aromatic N) is 4. The van der Waals surface area contributed by atoms with Gasteiger partial charge in [-0.2, -0.15) is 0 Å². The molecule has 0 bridgehead atoms. The maximum Gasteiger partial charge on any atom is 0.272 e. The zero-order valence-electron chi connectivity index (χ0n) is 14.6. The molecule has 2 aromatic heterocycles. The number of hydrogen-bond donors (Lipinski definition) is 1. The summed E-state index contributed by atoms with van der Waals surface area (Å²) in [7, 11) is 0. The third-order valence-electron chi connectivity index (χ3n) is 4.26. The number of ether oxygens (including phenoxy) is 1. The normalized spacial score (nSPS) is 15.4. The van der Waals surface area contributed by atoms with Crippen molar-refractivity contribution in [3.8, 4) is 5.75 Å². The molecule has 0 spiro atoms. The molecule has 7 heteroatoms. The summed E-state index contributed by atoms with van der Waals surface area (Å²) in [5.74, 6) is 1.05. The summed E-state index contributed by atoms with van der Waals surface area (Å²) >= 11 is 0. The topological polar surface area (TPSA) is 94.2 Å². The largest absolute Gasteiger partial charge is 0.490 e. The number of carbonyl (C=O) groups is 1. The lowest BCUT2D eigenvalue weighted by Gasteiger charge is -2.32. The number of amides is 1. The van der Waals surface area contributed by atoms with Gasteiger partial charge in [0, 0.05) is 44.0 Å². The van der Waals surface area contributed by atoms with E-state index in [1.54, 1.807) is 23.4 Å². The molecule has 0 aliphatic carbocycles. The van der Waals surface area contributed by atoms with Gasteiger partial charge in [-0.3, -0.25) is 9.78 Å². The van der Waals surface area contributed by atoms with E-state index in [4.69, 9.17) is 10.5 Å². The van der Waals surface area contributed by atoms with Crippen LogP contribution in [0.25, 0.3) is 0 Å². The highest BCUT2D eigenvalue weighted by molar-refractivity contribution is 5.92. The van der Waals surface area contributed by atoms with Crippen molar-refractivity contribution in [1.82, 2.24) is 19.9 Å². The molecule has 1 aliphatic rings. The second kappa shape index (κ2) is 7.46. The lowest BCUT2D eigenvalue weighted by Crippen LogP contribution is -2.42. The first-order valence-corrected chi connectivity index (χ1v) is 8.53. The molecule has 0 radical (unpaired) electrons. The number of anilines is 1. The van der Waals surface area contributed by atoms with E-state index < -0.39 is 0 Å². The number of hydrogen-bond acceptors (Lipinski definition) is 6. The number of nitrogen functional groups attached to an aromatic ring is 1. The summed E-state index contributed by atoms with van der Waals surface area (Å²) in [6, 6.07) is 5.42. The number of aromatic nitrogens is 3. The van der Waals surface area contributed by atoms with Crippen molar-refractivity contribution < 1.29 is 9.53 Å². The highest BCUT2D eigenvalue weighted by atomic mass is 16.5. The predicted octanol–water partition coefficient (Wildman–Crippen LogP) is 2.26. The lowest BCUT2D eigenvalue weighted by molar-refractivity contribution is 0.0590. The van der Waals surface area contributed by atoms with E-state index in [1.807, 2.05) is 26.0 Å². The van der Waals surface area contributed by atoms with Crippen LogP contribution in [0.5, 0.6) is 5.75 Å². The molecule has 2 aromatic rings. The fourth-order valence-electron chi connectivity index (χ4n) is 2.84. The van der Waals surface area contributed by atoms with Crippen LogP contribution in [0.2, 0.25) is 0 Å². The minimum Gasteiger partial charge on any atom is -0.490 e. The first kappa shape index (κ1) is 17.1. The van der Waals surface area contributed by atoms with Gasteiger partial charge in [0.15, 0.2) is 0 Å². The Bertz CT molecular complexity index is 728. The summed E-state index contributed by atoms with van der Waals surface area (Å²) in [5, 5.41) is 0. The minimum absolute atomic E-state index is 0.0987. The number of pyridine rings is 1. The predicted molar refractivity (Wildman–Crippen MR) is 94.3 cm³/mol. The number of nitrogens with two attached hydrogens (primary N) is 1. The second-order valence-electron chi connectivity index (χ2n) is 6.48. The SMILES string of the molecule is CC(C)c1cc(C(=O)N2CCC(Oc3ccncc3)CC2)nc(N)n1. The van der Waals surface area contributed by atoms with Gasteiger partial charge in [0.1, 0.15) is 17.5 Å². The molecule has 2 N–H and O–H groups in total. The molecular formula is C18H23N5O2. The van der Waals surface area contributed by atoms with Gasteiger partial charge >= 0.3 is 0 Å². The van der Waals surface area contributed by atoms with Crippen molar-refractivity contribution in [3.63, 3.8) is 0 Å². The molecule has 0 unspecified atom stereocenters. The van der Waals surface area contributed by atoms with Gasteiger partial charge in [-0.1, -0.05) is 13.8 Å². The Morgan fingerprint density at radius 3 is 2.56 bits per heavy atom. The van der Waals surface area contributed by atoms with Gasteiger partial charge < -0.3 is 15.4 Å². The van der Waals surface area contributed by atoms with Crippen molar-refractivity contribution >= 4 is 11.9 Å². The molecule has 25 heavy (non-hydrogen) atoms. The van der Waals surface area contributed by atoms with Crippen LogP contribution in [0.3, 0.4) is 0 Å². The quantitative estimate of drug-likeness (QED) is 0.917. The fraction of sp³-hybridized carbons (Fsp3) is 0.444. The Balaban J connectivity index is 1.62. The average Bonchev–Trinajstić information content (AvgIpc) is 2.62. The Labute approximate surface area is 147 Å². The van der Waals surface area contributed by atoms with E-state index in [2.05, 4.69) is 15.0 Å². The third kappa shape index (κ3) is 4.23. The molecule has 132 valence electrons. The number of piperidine rings is 1. The van der Waals surface area contributed by atoms with Crippen LogP contribution < -0.4 is 10.5 Å². The monoisotopic (exact) mass is 341 g/mol. The molecule has 0 saturated carbocycles. The Morgan fingerprint density at radius 1 is 1.24 bits per heavy atom. The van der Waals surface area contributed by atoms with E-state index in [0.29, 0.717) is 18.8 Å². The molecule has 7 nitrogen and oxygen atoms in total. The summed E-state index contributed by atoms with van der Waals surface area (Å²) in [6.45, 7) is 5.29. The van der Waals surface area contributed by atoms with Gasteiger partial charge in [-0.05, 0) is 24.1 Å². The third-order valence-corrected chi connectivity index (χ3v) is 4.26. The number of rotatable bonds is 4. The highest BCUT2D eigenvalue weighted by Gasteiger charge is 2.26. The summed E-state index contributed by atoms with van der Waals surface area (Å²) in [4.78, 5) is 26.8. The second-order valence-corrected chi connectivity index (χ2v) is 6.48. The van der Waals surface area contributed by atoms with Crippen LogP contribution >= 0.6 is 0 Å². The van der Waals surface area contributed by atoms with Crippen LogP contribution in [0, 0.1) is 0 Å². The number of likely N-dealkylation sites (tertiary alicyclic amines) is 1. The van der Waals surface area contributed by atoms with E-state index >= 15 is 0 Å². The standard InChI is InChI=1S/C18H23N5O2/c1-12(2)15-11-16(22-18(19)21-15)17(24)23-9-5-14(6-10-23)25-13-3-7-20-8-4-13/h3-4,7-8,11-12,14H,5-6,9-10H2,1-2H3,(H2,19,21,22). The van der Waals surface area contributed by atoms with E-state index in [1.165, 1.54) is 0 Å². The minimum atomic E-state index is -0.0987. The Morgan fingerprint density at radius 2 is 1.92 bits per heavy atom. The van der Waals surface area contributed by atoms with Crippen molar-refractivity contribution in [2.45, 2.75) is 38.7 Å². The first-order chi connectivity index (χ1) is 12.0. The van der Waals surface area contributed by atoms with E-state index in [0.717, 1.165) is 24.3 Å². The molecule has 3 rings (SSSR count). The van der Waals surface area contributed by atoms with Crippen LogP contribution in [0.15, 0.2) is 30.6 Å². The van der Waals surface area contributed by atoms with Crippen molar-refractivity contribution in [3.05, 3.63) is 42.0 Å². The van der Waals surface area contributed by atoms with Crippen molar-refractivity contribution in [1.29, 1.82) is 0 Å². The number of carbonyl (C=O) groups excluding carboxylic acids is 1. The van der Waals surface area contributed by atoms with Crippen LogP contribution in [0.4, 0.5) is 5.95 Å². The molecule has 0 atom stereocenters. The van der Waals surface area contributed by atoms with Crippen LogP contribution in [-0.4, -0.2) is 45.0 Å². The molecule has 1 aliphatic heterocycles. The van der Waals surface area contributed by atoms with Gasteiger partial charge in [0.05, 0.1) is 0 Å². The van der Waals surface area contributed by atoms with Gasteiger partial charge in [-0.15, -0.1) is 0 Å². The Hall–Kier alpha value is -2.70. The summed E-state index contributed by atoms with van der Waals surface area (Å²) in [5.41, 5.74) is 6.90. The smallest absolute Gasteiger partial charge is 0.272 e. The summed E-state index contributed by atoms with van der Waals surface area (Å²) < 4.78 is 5.94. The van der Waals surface area contributed by atoms with Gasteiger partial charge in [-0.25, -0.2) is 9.97 Å². The molecule has 3 heterocycles. The van der Waals surface area contributed by atoms with Gasteiger partial charge in [0.25, 0.3) is 5.91 Å². The van der Waals surface area contributed by atoms with E-state index in [-0.39, 0.29) is 23.9 Å². The lowest BCUT2D eigenvalue weighted by atomic mass is 10.1. The molecule has 0 aromatic carbocycles. The fourth-order valence-corrected chi connectivity index (χ4v) is 2.84. The summed E-state index contributed by atoms with van der Waals surface area (Å²) in [6.07, 6.45) is 5.09. The average molecular weight is 341 g/mol. The maximum absolute atomic E-state index is 12.7. The van der Waals surface area contributed by atoms with Crippen LogP contribution in [-0.2, 0) is 0 Å². The molecule has 1 saturated heterocycles. The van der Waals surface area contributed by atoms with Crippen molar-refractivity contribution in [2.24, 2.45) is 0 Å². The zero-order chi connectivity index (χ0) is 17.8. The molecular weight excluding hydrogens is 318 g/mol. The van der Waals surface area contributed by atoms with Crippen molar-refractivity contribution in [2.75, 3.05) is 18.8 Å². The maximum atomic E-state index is 12.7. The highest BCUT2D eigenvalue weighted by Crippen LogP contribution is 2.20. The van der Waals surface area contributed by atoms with Gasteiger partial charge in [0.2, 0.25) is 5.95 Å². The zero-order valence-corrected chi connectivity index (χ0v) is 14.6. The molecule has 1 amide bonds. The van der Waals surface area contributed by atoms with Crippen LogP contribution in [0.1, 0.15) is 48.8 Å². The molecule has 1 fully saturated rings. The Kier molecular flexibility index (Phi) is 5.11. The first-order valence-electron chi connectivity index (χ1n) is 8.53.